The van der Waals surface area contributed by atoms with Crippen LogP contribution in [0.1, 0.15) is 25.3 Å². The van der Waals surface area contributed by atoms with E-state index in [1.54, 1.807) is 0 Å². The average Bonchev–Trinajstić information content (AvgIpc) is 2.94. The second-order valence-electron chi connectivity index (χ2n) is 4.93. The molecule has 0 aliphatic carbocycles. The van der Waals surface area contributed by atoms with Gasteiger partial charge in [0.2, 0.25) is 0 Å². The van der Waals surface area contributed by atoms with Gasteiger partial charge in [-0.1, -0.05) is 61.9 Å². The van der Waals surface area contributed by atoms with E-state index in [-0.39, 0.29) is 6.17 Å². The van der Waals surface area contributed by atoms with Crippen molar-refractivity contribution in [3.05, 3.63) is 66.2 Å². The number of aliphatic imine (C=N–C) groups is 1. The van der Waals surface area contributed by atoms with Gasteiger partial charge in [-0.25, -0.2) is 4.99 Å². The molecule has 0 saturated heterocycles. The summed E-state index contributed by atoms with van der Waals surface area (Å²) in [5.41, 5.74) is 5.73. The third-order valence-corrected chi connectivity index (χ3v) is 3.43. The third-order valence-electron chi connectivity index (χ3n) is 3.43. The van der Waals surface area contributed by atoms with Crippen LogP contribution in [0.2, 0.25) is 0 Å². The summed E-state index contributed by atoms with van der Waals surface area (Å²) in [6.07, 6.45) is 2.32. The zero-order valence-electron chi connectivity index (χ0n) is 11.7. The fourth-order valence-electron chi connectivity index (χ4n) is 2.44. The molecule has 0 bridgehead atoms. The van der Waals surface area contributed by atoms with E-state index in [1.807, 2.05) is 24.3 Å². The Morgan fingerprint density at radius 2 is 1.65 bits per heavy atom. The molecule has 0 fully saturated rings. The molecule has 1 aliphatic rings. The lowest BCUT2D eigenvalue weighted by atomic mass is 10.2. The summed E-state index contributed by atoms with van der Waals surface area (Å²) in [6, 6.07) is 20.6. The van der Waals surface area contributed by atoms with Crippen molar-refractivity contribution >= 4 is 11.5 Å². The number of anilines is 1. The van der Waals surface area contributed by atoms with Gasteiger partial charge in [-0.3, -0.25) is 10.4 Å². The Morgan fingerprint density at radius 1 is 1.00 bits per heavy atom. The summed E-state index contributed by atoms with van der Waals surface area (Å²) in [7, 11) is 0. The maximum atomic E-state index is 4.84. The molecular weight excluding hydrogens is 246 g/mol. The predicted molar refractivity (Wildman–Crippen MR) is 83.7 cm³/mol. The van der Waals surface area contributed by atoms with Crippen molar-refractivity contribution in [3.8, 4) is 0 Å². The largest absolute Gasteiger partial charge is 0.279 e. The van der Waals surface area contributed by atoms with Crippen LogP contribution >= 0.6 is 0 Å². The zero-order chi connectivity index (χ0) is 13.8. The van der Waals surface area contributed by atoms with Gasteiger partial charge in [-0.05, 0) is 18.6 Å². The minimum absolute atomic E-state index is 0.164. The average molecular weight is 265 g/mol. The van der Waals surface area contributed by atoms with E-state index in [9.17, 15) is 0 Å². The van der Waals surface area contributed by atoms with Crippen molar-refractivity contribution in [1.82, 2.24) is 5.43 Å². The summed E-state index contributed by atoms with van der Waals surface area (Å²) < 4.78 is 0. The highest BCUT2D eigenvalue weighted by atomic mass is 15.6. The quantitative estimate of drug-likeness (QED) is 0.915. The lowest BCUT2D eigenvalue weighted by Crippen LogP contribution is -2.41. The second kappa shape index (κ2) is 5.78. The molecule has 3 heteroatoms. The van der Waals surface area contributed by atoms with Crippen molar-refractivity contribution in [2.45, 2.75) is 25.9 Å². The van der Waals surface area contributed by atoms with Gasteiger partial charge in [-0.15, -0.1) is 0 Å². The van der Waals surface area contributed by atoms with Crippen LogP contribution in [0.4, 0.5) is 5.69 Å². The number of hydrazine groups is 1. The maximum absolute atomic E-state index is 4.84. The number of rotatable bonds is 4. The van der Waals surface area contributed by atoms with Crippen molar-refractivity contribution < 1.29 is 0 Å². The highest BCUT2D eigenvalue weighted by molar-refractivity contribution is 6.01. The summed E-state index contributed by atoms with van der Waals surface area (Å²) >= 11 is 0. The molecule has 0 amide bonds. The molecular formula is C17H19N3. The molecule has 3 nitrogen and oxygen atoms in total. The monoisotopic (exact) mass is 265 g/mol. The number of hydrogen-bond donors (Lipinski definition) is 1. The van der Waals surface area contributed by atoms with Crippen LogP contribution in [0.15, 0.2) is 65.7 Å². The zero-order valence-corrected chi connectivity index (χ0v) is 11.7. The van der Waals surface area contributed by atoms with Gasteiger partial charge < -0.3 is 0 Å². The molecule has 1 atom stereocenters. The minimum Gasteiger partial charge on any atom is -0.279 e. The van der Waals surface area contributed by atoms with Gasteiger partial charge in [0.05, 0.1) is 5.69 Å². The number of para-hydroxylation sites is 1. The van der Waals surface area contributed by atoms with E-state index in [2.05, 4.69) is 53.8 Å². The van der Waals surface area contributed by atoms with Crippen molar-refractivity contribution in [2.24, 2.45) is 4.99 Å². The molecule has 0 aromatic heterocycles. The van der Waals surface area contributed by atoms with E-state index >= 15 is 0 Å². The van der Waals surface area contributed by atoms with Gasteiger partial charge >= 0.3 is 0 Å². The van der Waals surface area contributed by atoms with Crippen molar-refractivity contribution in [3.63, 3.8) is 0 Å². The third kappa shape index (κ3) is 2.52. The van der Waals surface area contributed by atoms with E-state index < -0.39 is 0 Å². The first-order chi connectivity index (χ1) is 9.88. The van der Waals surface area contributed by atoms with Gasteiger partial charge in [0.1, 0.15) is 12.0 Å². The molecule has 0 spiro atoms. The molecule has 2 aromatic rings. The van der Waals surface area contributed by atoms with Gasteiger partial charge in [-0.2, -0.15) is 0 Å². The Bertz CT molecular complexity index is 578. The number of amidine groups is 1. The Balaban J connectivity index is 1.88. The highest BCUT2D eigenvalue weighted by Crippen LogP contribution is 2.22. The van der Waals surface area contributed by atoms with Crippen molar-refractivity contribution in [2.75, 3.05) is 5.01 Å². The summed E-state index contributed by atoms with van der Waals surface area (Å²) in [5.74, 6) is 0.952. The molecule has 1 N–H and O–H groups in total. The van der Waals surface area contributed by atoms with Crippen LogP contribution in [-0.2, 0) is 0 Å². The summed E-state index contributed by atoms with van der Waals surface area (Å²) in [4.78, 5) is 4.84. The molecule has 1 unspecified atom stereocenters. The smallest absolute Gasteiger partial charge is 0.149 e. The first-order valence-electron chi connectivity index (χ1n) is 7.12. The molecule has 102 valence electrons. The number of nitrogens with one attached hydrogen (secondary N) is 1. The fraction of sp³-hybridized carbons (Fsp3) is 0.235. The standard InChI is InChI=1S/C17H19N3/c1-2-9-16-18-17(14-10-5-3-6-11-14)19-20(16)15-12-7-4-8-13-15/h3-8,10-13,16H,2,9H2,1H3,(H,18,19). The van der Waals surface area contributed by atoms with Gasteiger partial charge in [0.25, 0.3) is 0 Å². The minimum atomic E-state index is 0.164. The van der Waals surface area contributed by atoms with Crippen molar-refractivity contribution in [1.29, 1.82) is 0 Å². The van der Waals surface area contributed by atoms with E-state index in [0.29, 0.717) is 0 Å². The lowest BCUT2D eigenvalue weighted by Gasteiger charge is -2.25. The van der Waals surface area contributed by atoms with Crippen LogP contribution in [0.3, 0.4) is 0 Å². The number of hydrogen-bond acceptors (Lipinski definition) is 3. The van der Waals surface area contributed by atoms with Crippen LogP contribution in [0.5, 0.6) is 0 Å². The van der Waals surface area contributed by atoms with E-state index in [0.717, 1.165) is 29.9 Å². The molecule has 20 heavy (non-hydrogen) atoms. The predicted octanol–water partition coefficient (Wildman–Crippen LogP) is 3.58. The Hall–Kier alpha value is -2.29. The summed E-state index contributed by atoms with van der Waals surface area (Å²) in [6.45, 7) is 2.19. The topological polar surface area (TPSA) is 27.6 Å². The van der Waals surface area contributed by atoms with Gasteiger partial charge in [0.15, 0.2) is 0 Å². The normalized spacial score (nSPS) is 17.8. The Morgan fingerprint density at radius 3 is 2.30 bits per heavy atom. The SMILES string of the molecule is CCCC1N=C(c2ccccc2)NN1c1ccccc1. The highest BCUT2D eigenvalue weighted by Gasteiger charge is 2.26. The molecule has 0 radical (unpaired) electrons. The maximum Gasteiger partial charge on any atom is 0.149 e. The van der Waals surface area contributed by atoms with Crippen LogP contribution in [0.25, 0.3) is 0 Å². The molecule has 2 aromatic carbocycles. The van der Waals surface area contributed by atoms with E-state index in [4.69, 9.17) is 4.99 Å². The number of benzene rings is 2. The molecule has 3 rings (SSSR count). The van der Waals surface area contributed by atoms with E-state index in [1.165, 1.54) is 0 Å². The first-order valence-corrected chi connectivity index (χ1v) is 7.12. The Kier molecular flexibility index (Phi) is 3.68. The second-order valence-corrected chi connectivity index (χ2v) is 4.93. The summed E-state index contributed by atoms with van der Waals surface area (Å²) in [5, 5.41) is 2.16. The Labute approximate surface area is 119 Å². The molecule has 1 aliphatic heterocycles. The van der Waals surface area contributed by atoms with Crippen LogP contribution in [-0.4, -0.2) is 12.0 Å². The van der Waals surface area contributed by atoms with Crippen LogP contribution in [0, 0.1) is 0 Å². The van der Waals surface area contributed by atoms with Crippen LogP contribution < -0.4 is 10.4 Å². The van der Waals surface area contributed by atoms with Gasteiger partial charge in [0, 0.05) is 5.56 Å². The number of nitrogens with zero attached hydrogens (tertiary/aromatic N) is 2. The molecule has 0 saturated carbocycles. The lowest BCUT2D eigenvalue weighted by molar-refractivity contribution is 0.579. The first kappa shape index (κ1) is 12.7. The fourth-order valence-corrected chi connectivity index (χ4v) is 2.44. The molecule has 1 heterocycles.